The Morgan fingerprint density at radius 1 is 0.500 bits per heavy atom. The molecule has 0 bridgehead atoms. The fourth-order valence-electron chi connectivity index (χ4n) is 6.41. The molecule has 0 aliphatic heterocycles. The Labute approximate surface area is 216 Å². The minimum atomic E-state index is 1.14. The highest BCUT2D eigenvalue weighted by atomic mass is 14.3. The Kier molecular flexibility index (Phi) is 6.36. The molecule has 0 nitrogen and oxygen atoms in total. The molecule has 0 heterocycles. The van der Waals surface area contributed by atoms with E-state index in [9.17, 15) is 0 Å². The van der Waals surface area contributed by atoms with Crippen LogP contribution in [0, 0.1) is 0 Å². The SMILES string of the molecule is CCCCCc1c2c(c(CCCCC)c3cc(-c4ccccc4)ccc13)-c1cccc3cccc-2c13. The summed E-state index contributed by atoms with van der Waals surface area (Å²) in [5.74, 6) is 0. The van der Waals surface area contributed by atoms with E-state index >= 15 is 0 Å². The summed E-state index contributed by atoms with van der Waals surface area (Å²) in [6.45, 7) is 4.62. The topological polar surface area (TPSA) is 0 Å². The molecule has 0 amide bonds. The average molecular weight is 469 g/mol. The largest absolute Gasteiger partial charge is 0.0654 e. The smallest absolute Gasteiger partial charge is 0.00262 e. The predicted octanol–water partition coefficient (Wildman–Crippen LogP) is 10.8. The second-order valence-electron chi connectivity index (χ2n) is 10.5. The molecule has 0 heteroatoms. The second-order valence-corrected chi connectivity index (χ2v) is 10.5. The van der Waals surface area contributed by atoms with Crippen LogP contribution >= 0.6 is 0 Å². The molecule has 1 aliphatic rings. The van der Waals surface area contributed by atoms with Crippen molar-refractivity contribution in [1.82, 2.24) is 0 Å². The molecule has 0 saturated carbocycles. The van der Waals surface area contributed by atoms with Crippen molar-refractivity contribution in [3.8, 4) is 33.4 Å². The Morgan fingerprint density at radius 2 is 1.11 bits per heavy atom. The van der Waals surface area contributed by atoms with Crippen LogP contribution in [0.5, 0.6) is 0 Å². The van der Waals surface area contributed by atoms with E-state index in [4.69, 9.17) is 0 Å². The summed E-state index contributed by atoms with van der Waals surface area (Å²) in [6.07, 6.45) is 9.86. The fraction of sp³-hybridized carbons (Fsp3) is 0.278. The number of aryl methyl sites for hydroxylation is 2. The molecule has 5 aromatic rings. The molecule has 0 aromatic heterocycles. The van der Waals surface area contributed by atoms with Gasteiger partial charge in [0.15, 0.2) is 0 Å². The van der Waals surface area contributed by atoms with Crippen molar-refractivity contribution in [2.75, 3.05) is 0 Å². The Morgan fingerprint density at radius 3 is 1.72 bits per heavy atom. The van der Waals surface area contributed by atoms with Gasteiger partial charge in [0.25, 0.3) is 0 Å². The number of fused-ring (bicyclic) bond motifs is 4. The Hall–Kier alpha value is -3.38. The minimum Gasteiger partial charge on any atom is -0.0654 e. The normalized spacial score (nSPS) is 11.9. The third kappa shape index (κ3) is 3.84. The zero-order valence-electron chi connectivity index (χ0n) is 21.7. The van der Waals surface area contributed by atoms with Crippen molar-refractivity contribution >= 4 is 21.5 Å². The predicted molar refractivity (Wildman–Crippen MR) is 158 cm³/mol. The first-order valence-corrected chi connectivity index (χ1v) is 14.0. The van der Waals surface area contributed by atoms with Gasteiger partial charge in [-0.2, -0.15) is 0 Å². The van der Waals surface area contributed by atoms with E-state index in [1.54, 1.807) is 11.1 Å². The number of unbranched alkanes of at least 4 members (excludes halogenated alkanes) is 4. The summed E-state index contributed by atoms with van der Waals surface area (Å²) < 4.78 is 0. The first kappa shape index (κ1) is 23.0. The summed E-state index contributed by atoms with van der Waals surface area (Å²) in [7, 11) is 0. The molecule has 6 rings (SSSR count). The van der Waals surface area contributed by atoms with Gasteiger partial charge in [-0.1, -0.05) is 118 Å². The molecule has 0 atom stereocenters. The molecular weight excluding hydrogens is 432 g/mol. The van der Waals surface area contributed by atoms with Gasteiger partial charge in [0, 0.05) is 0 Å². The fourth-order valence-corrected chi connectivity index (χ4v) is 6.41. The van der Waals surface area contributed by atoms with Crippen LogP contribution in [0.1, 0.15) is 63.5 Å². The van der Waals surface area contributed by atoms with Crippen LogP contribution in [0.25, 0.3) is 54.9 Å². The average Bonchev–Trinajstić information content (AvgIpc) is 3.26. The van der Waals surface area contributed by atoms with E-state index in [0.29, 0.717) is 0 Å². The molecule has 0 fully saturated rings. The summed E-state index contributed by atoms with van der Waals surface area (Å²) in [5.41, 5.74) is 11.7. The van der Waals surface area contributed by atoms with E-state index in [-0.39, 0.29) is 0 Å². The second kappa shape index (κ2) is 9.94. The number of hydrogen-bond acceptors (Lipinski definition) is 0. The molecule has 0 N–H and O–H groups in total. The van der Waals surface area contributed by atoms with Crippen LogP contribution < -0.4 is 0 Å². The maximum absolute atomic E-state index is 2.50. The minimum absolute atomic E-state index is 1.14. The number of hydrogen-bond donors (Lipinski definition) is 0. The lowest BCUT2D eigenvalue weighted by atomic mass is 9.83. The zero-order valence-corrected chi connectivity index (χ0v) is 21.7. The number of rotatable bonds is 9. The third-order valence-corrected chi connectivity index (χ3v) is 8.13. The van der Waals surface area contributed by atoms with Crippen molar-refractivity contribution in [2.24, 2.45) is 0 Å². The molecule has 0 spiro atoms. The van der Waals surface area contributed by atoms with E-state index in [2.05, 4.69) is 98.8 Å². The lowest BCUT2D eigenvalue weighted by molar-refractivity contribution is 0.717. The van der Waals surface area contributed by atoms with E-state index in [1.807, 2.05) is 0 Å². The molecule has 5 aromatic carbocycles. The van der Waals surface area contributed by atoms with Crippen molar-refractivity contribution in [1.29, 1.82) is 0 Å². The van der Waals surface area contributed by atoms with Gasteiger partial charge in [0.2, 0.25) is 0 Å². The Balaban J connectivity index is 1.68. The summed E-state index contributed by atoms with van der Waals surface area (Å²) in [6, 6.07) is 32.0. The van der Waals surface area contributed by atoms with Gasteiger partial charge in [0.05, 0.1) is 0 Å². The van der Waals surface area contributed by atoms with Crippen LogP contribution in [0.3, 0.4) is 0 Å². The quantitative estimate of drug-likeness (QED) is 0.185. The number of benzene rings is 5. The van der Waals surface area contributed by atoms with Crippen molar-refractivity contribution in [3.05, 3.63) is 96.1 Å². The van der Waals surface area contributed by atoms with Crippen molar-refractivity contribution in [2.45, 2.75) is 65.2 Å². The molecule has 1 aliphatic carbocycles. The van der Waals surface area contributed by atoms with Gasteiger partial charge in [-0.05, 0) is 97.8 Å². The van der Waals surface area contributed by atoms with Gasteiger partial charge < -0.3 is 0 Å². The monoisotopic (exact) mass is 468 g/mol. The Bertz CT molecular complexity index is 1530. The highest BCUT2D eigenvalue weighted by molar-refractivity contribution is 6.20. The van der Waals surface area contributed by atoms with Crippen LogP contribution in [0.4, 0.5) is 0 Å². The van der Waals surface area contributed by atoms with Crippen LogP contribution in [0.2, 0.25) is 0 Å². The van der Waals surface area contributed by atoms with Gasteiger partial charge in [-0.25, -0.2) is 0 Å². The summed E-state index contributed by atoms with van der Waals surface area (Å²) in [5, 5.41) is 5.78. The van der Waals surface area contributed by atoms with Gasteiger partial charge in [-0.3, -0.25) is 0 Å². The first-order chi connectivity index (χ1) is 17.8. The highest BCUT2D eigenvalue weighted by Crippen LogP contribution is 2.53. The molecular formula is C36H36. The van der Waals surface area contributed by atoms with Gasteiger partial charge >= 0.3 is 0 Å². The van der Waals surface area contributed by atoms with E-state index < -0.39 is 0 Å². The first-order valence-electron chi connectivity index (χ1n) is 14.0. The summed E-state index contributed by atoms with van der Waals surface area (Å²) >= 11 is 0. The molecule has 0 unspecified atom stereocenters. The molecule has 0 saturated heterocycles. The maximum atomic E-state index is 2.50. The maximum Gasteiger partial charge on any atom is -0.00262 e. The zero-order chi connectivity index (χ0) is 24.5. The standard InChI is InChI=1S/C36H36/c1-3-5-8-18-29-28-23-22-27(25-14-10-7-11-15-25)24-33(28)30(19-9-6-4-2)36-32-21-13-17-26-16-12-20-31(34(26)32)35(29)36/h7,10-17,20-24H,3-6,8-9,18-19H2,1-2H3. The van der Waals surface area contributed by atoms with Gasteiger partial charge in [0.1, 0.15) is 0 Å². The van der Waals surface area contributed by atoms with E-state index in [1.165, 1.54) is 93.5 Å². The lowest BCUT2D eigenvalue weighted by Crippen LogP contribution is -2.00. The van der Waals surface area contributed by atoms with Crippen molar-refractivity contribution in [3.63, 3.8) is 0 Å². The van der Waals surface area contributed by atoms with Crippen LogP contribution in [0.15, 0.2) is 84.9 Å². The highest BCUT2D eigenvalue weighted by Gasteiger charge is 2.28. The van der Waals surface area contributed by atoms with Crippen molar-refractivity contribution < 1.29 is 0 Å². The van der Waals surface area contributed by atoms with Crippen LogP contribution in [-0.2, 0) is 12.8 Å². The lowest BCUT2D eigenvalue weighted by Gasteiger charge is -2.21. The van der Waals surface area contributed by atoms with E-state index in [0.717, 1.165) is 12.8 Å². The van der Waals surface area contributed by atoms with Crippen LogP contribution in [-0.4, -0.2) is 0 Å². The molecule has 0 radical (unpaired) electrons. The third-order valence-electron chi connectivity index (χ3n) is 8.13. The summed E-state index contributed by atoms with van der Waals surface area (Å²) in [4.78, 5) is 0. The molecule has 36 heavy (non-hydrogen) atoms. The van der Waals surface area contributed by atoms with Gasteiger partial charge in [-0.15, -0.1) is 0 Å². The molecule has 180 valence electrons.